The Bertz CT molecular complexity index is 224. The maximum Gasteiger partial charge on any atom is 0.238 e. The molecule has 1 saturated heterocycles. The Labute approximate surface area is 101 Å². The van der Waals surface area contributed by atoms with Gasteiger partial charge in [0.25, 0.3) is 0 Å². The number of amides is 1. The molecule has 1 heterocycles. The maximum atomic E-state index is 11.6. The topological polar surface area (TPSA) is 44.4 Å². The summed E-state index contributed by atoms with van der Waals surface area (Å²) in [5, 5.41) is 4.84. The Morgan fingerprint density at radius 3 is 2.69 bits per heavy atom. The SMILES string of the molecule is C/C=C/CNC(=O)C1CC(C)N(C)N1.CC.[HH]. The largest absolute Gasteiger partial charge is 0.351 e. The summed E-state index contributed by atoms with van der Waals surface area (Å²) in [4.78, 5) is 11.6. The minimum Gasteiger partial charge on any atom is -0.351 e. The lowest BCUT2D eigenvalue weighted by Crippen LogP contribution is -2.44. The van der Waals surface area contributed by atoms with Crippen LogP contribution in [0.1, 0.15) is 35.5 Å². The number of hydrogen-bond donors (Lipinski definition) is 2. The molecule has 0 saturated carbocycles. The van der Waals surface area contributed by atoms with Gasteiger partial charge in [0, 0.05) is 21.1 Å². The first-order valence-electron chi connectivity index (χ1n) is 6.03. The predicted octanol–water partition coefficient (Wildman–Crippen LogP) is 1.55. The fourth-order valence-electron chi connectivity index (χ4n) is 1.49. The van der Waals surface area contributed by atoms with E-state index >= 15 is 0 Å². The molecule has 2 N–H and O–H groups in total. The summed E-state index contributed by atoms with van der Waals surface area (Å²) in [5.41, 5.74) is 3.13. The van der Waals surface area contributed by atoms with Crippen LogP contribution in [0.2, 0.25) is 0 Å². The highest BCUT2D eigenvalue weighted by molar-refractivity contribution is 5.82. The first-order chi connectivity index (χ1) is 7.65. The minimum atomic E-state index is -0.0692. The first-order valence-corrected chi connectivity index (χ1v) is 6.03. The normalized spacial score (nSPS) is 25.3. The Balaban J connectivity index is 0. The number of nitrogens with zero attached hydrogens (tertiary/aromatic N) is 1. The minimum absolute atomic E-state index is 0. The summed E-state index contributed by atoms with van der Waals surface area (Å²) in [6.45, 7) is 8.66. The van der Waals surface area contributed by atoms with Crippen LogP contribution in [-0.2, 0) is 4.79 Å². The molecule has 1 rings (SSSR count). The number of nitrogens with one attached hydrogen (secondary N) is 2. The van der Waals surface area contributed by atoms with E-state index in [1.165, 1.54) is 0 Å². The lowest BCUT2D eigenvalue weighted by molar-refractivity contribution is -0.123. The molecule has 1 aliphatic heterocycles. The zero-order chi connectivity index (χ0) is 12.6. The van der Waals surface area contributed by atoms with E-state index in [9.17, 15) is 4.79 Å². The van der Waals surface area contributed by atoms with Crippen LogP contribution in [0, 0.1) is 0 Å². The van der Waals surface area contributed by atoms with E-state index in [1.807, 2.05) is 45.0 Å². The summed E-state index contributed by atoms with van der Waals surface area (Å²) in [7, 11) is 1.96. The molecule has 0 radical (unpaired) electrons. The van der Waals surface area contributed by atoms with Crippen molar-refractivity contribution in [2.45, 2.75) is 46.2 Å². The summed E-state index contributed by atoms with van der Waals surface area (Å²) in [6, 6.07) is 0.354. The van der Waals surface area contributed by atoms with Crippen molar-refractivity contribution in [1.82, 2.24) is 15.8 Å². The molecule has 0 aliphatic carbocycles. The summed E-state index contributed by atoms with van der Waals surface area (Å²) in [5.74, 6) is 0.0827. The Morgan fingerprint density at radius 2 is 2.25 bits per heavy atom. The maximum absolute atomic E-state index is 11.6. The molecule has 4 nitrogen and oxygen atoms in total. The summed E-state index contributed by atoms with van der Waals surface area (Å²) >= 11 is 0. The summed E-state index contributed by atoms with van der Waals surface area (Å²) in [6.07, 6.45) is 4.73. The van der Waals surface area contributed by atoms with Gasteiger partial charge in [-0.2, -0.15) is 0 Å². The van der Waals surface area contributed by atoms with Gasteiger partial charge in [0.2, 0.25) is 5.91 Å². The first kappa shape index (κ1) is 15.1. The molecule has 1 amide bonds. The van der Waals surface area contributed by atoms with Crippen molar-refractivity contribution in [2.24, 2.45) is 0 Å². The molecule has 0 bridgehead atoms. The highest BCUT2D eigenvalue weighted by Crippen LogP contribution is 2.11. The van der Waals surface area contributed by atoms with Crippen LogP contribution in [0.3, 0.4) is 0 Å². The molecule has 2 atom stereocenters. The molecule has 0 aromatic carbocycles. The monoisotopic (exact) mass is 229 g/mol. The lowest BCUT2D eigenvalue weighted by Gasteiger charge is -2.14. The van der Waals surface area contributed by atoms with Gasteiger partial charge in [-0.05, 0) is 20.3 Å². The Hall–Kier alpha value is -0.870. The van der Waals surface area contributed by atoms with Gasteiger partial charge in [-0.15, -0.1) is 0 Å². The number of carbonyl (C=O) groups excluding carboxylic acids is 1. The van der Waals surface area contributed by atoms with Gasteiger partial charge in [0.1, 0.15) is 6.04 Å². The van der Waals surface area contributed by atoms with Gasteiger partial charge in [0.15, 0.2) is 0 Å². The highest BCUT2D eigenvalue weighted by Gasteiger charge is 2.30. The second-order valence-electron chi connectivity index (χ2n) is 3.69. The van der Waals surface area contributed by atoms with Gasteiger partial charge in [-0.25, -0.2) is 10.4 Å². The highest BCUT2D eigenvalue weighted by atomic mass is 16.2. The van der Waals surface area contributed by atoms with Crippen molar-refractivity contribution < 1.29 is 6.22 Å². The number of hydrazine groups is 1. The Kier molecular flexibility index (Phi) is 7.85. The van der Waals surface area contributed by atoms with E-state index in [0.29, 0.717) is 12.6 Å². The van der Waals surface area contributed by atoms with E-state index in [0.717, 1.165) is 6.42 Å². The van der Waals surface area contributed by atoms with Crippen LogP contribution < -0.4 is 10.7 Å². The van der Waals surface area contributed by atoms with Crippen LogP contribution in [-0.4, -0.2) is 36.6 Å². The number of rotatable bonds is 3. The Morgan fingerprint density at radius 1 is 1.62 bits per heavy atom. The smallest absolute Gasteiger partial charge is 0.238 e. The van der Waals surface area contributed by atoms with Crippen LogP contribution in [0.5, 0.6) is 0 Å². The van der Waals surface area contributed by atoms with E-state index < -0.39 is 0 Å². The quantitative estimate of drug-likeness (QED) is 0.722. The van der Waals surface area contributed by atoms with E-state index in [2.05, 4.69) is 17.7 Å². The average molecular weight is 229 g/mol. The fourth-order valence-corrected chi connectivity index (χ4v) is 1.49. The van der Waals surface area contributed by atoms with Gasteiger partial charge < -0.3 is 5.32 Å². The molecule has 0 aromatic heterocycles. The molecule has 1 aliphatic rings. The molecule has 1 fully saturated rings. The van der Waals surface area contributed by atoms with E-state index in [4.69, 9.17) is 0 Å². The van der Waals surface area contributed by atoms with Crippen molar-refractivity contribution >= 4 is 5.91 Å². The number of carbonyl (C=O) groups is 1. The van der Waals surface area contributed by atoms with Gasteiger partial charge in [-0.1, -0.05) is 26.0 Å². The standard InChI is InChI=1S/C10H19N3O.C2H6.H2/c1-4-5-6-11-10(14)9-7-8(2)13(3)12-9;1-2;/h4-5,8-9,12H,6-7H2,1-3H3,(H,11,14);1-2H3;1H/b5-4+;;. The second kappa shape index (κ2) is 8.30. The molecule has 4 heteroatoms. The van der Waals surface area contributed by atoms with Gasteiger partial charge >= 0.3 is 0 Å². The van der Waals surface area contributed by atoms with Crippen molar-refractivity contribution in [3.05, 3.63) is 12.2 Å². The van der Waals surface area contributed by atoms with Crippen LogP contribution in [0.25, 0.3) is 0 Å². The van der Waals surface area contributed by atoms with Crippen LogP contribution in [0.15, 0.2) is 12.2 Å². The third-order valence-corrected chi connectivity index (χ3v) is 2.54. The van der Waals surface area contributed by atoms with Crippen molar-refractivity contribution in [3.8, 4) is 0 Å². The van der Waals surface area contributed by atoms with Gasteiger partial charge in [-0.3, -0.25) is 4.79 Å². The molecule has 16 heavy (non-hydrogen) atoms. The zero-order valence-corrected chi connectivity index (χ0v) is 11.1. The molecule has 96 valence electrons. The number of allylic oxidation sites excluding steroid dienone is 1. The number of hydrogen-bond acceptors (Lipinski definition) is 3. The molecular formula is C12H27N3O. The molecule has 2 unspecified atom stereocenters. The average Bonchev–Trinajstić information content (AvgIpc) is 2.62. The van der Waals surface area contributed by atoms with Gasteiger partial charge in [0.05, 0.1) is 0 Å². The third-order valence-electron chi connectivity index (χ3n) is 2.54. The zero-order valence-electron chi connectivity index (χ0n) is 11.1. The van der Waals surface area contributed by atoms with Crippen LogP contribution >= 0.6 is 0 Å². The van der Waals surface area contributed by atoms with Crippen molar-refractivity contribution in [2.75, 3.05) is 13.6 Å². The van der Waals surface area contributed by atoms with Crippen molar-refractivity contribution in [3.63, 3.8) is 0 Å². The summed E-state index contributed by atoms with van der Waals surface area (Å²) < 4.78 is 0. The van der Waals surface area contributed by atoms with Crippen molar-refractivity contribution in [1.29, 1.82) is 0 Å². The molecule has 0 aromatic rings. The second-order valence-corrected chi connectivity index (χ2v) is 3.69. The fraction of sp³-hybridized carbons (Fsp3) is 0.750. The lowest BCUT2D eigenvalue weighted by atomic mass is 10.1. The predicted molar refractivity (Wildman–Crippen MR) is 70.1 cm³/mol. The third kappa shape index (κ3) is 4.77. The molecular weight excluding hydrogens is 202 g/mol. The van der Waals surface area contributed by atoms with E-state index in [-0.39, 0.29) is 13.4 Å². The molecule has 0 spiro atoms. The van der Waals surface area contributed by atoms with E-state index in [1.54, 1.807) is 0 Å². The van der Waals surface area contributed by atoms with Crippen LogP contribution in [0.4, 0.5) is 0 Å².